The smallest absolute Gasteiger partial charge is 0.248 e. The van der Waals surface area contributed by atoms with E-state index in [4.69, 9.17) is 5.73 Å². The zero-order valence-corrected chi connectivity index (χ0v) is 12.7. The van der Waals surface area contributed by atoms with E-state index in [1.807, 2.05) is 19.1 Å². The third kappa shape index (κ3) is 3.46. The number of amides is 1. The molecule has 4 heteroatoms. The van der Waals surface area contributed by atoms with E-state index in [2.05, 4.69) is 23.7 Å². The van der Waals surface area contributed by atoms with E-state index >= 15 is 0 Å². The topological polar surface area (TPSA) is 55.1 Å². The standard InChI is InChI=1S/C16H20N2OS/c1-3-12-6-7-20-15(12)10-18-9-14-5-4-13(16(17)19)8-11(14)2/h4-8,18H,3,9-10H2,1-2H3,(H2,17,19). The molecule has 0 aliphatic carbocycles. The minimum absolute atomic E-state index is 0.376. The quantitative estimate of drug-likeness (QED) is 0.858. The second kappa shape index (κ2) is 6.68. The number of hydrogen-bond acceptors (Lipinski definition) is 3. The molecule has 0 saturated carbocycles. The van der Waals surface area contributed by atoms with Crippen LogP contribution in [-0.2, 0) is 19.5 Å². The molecule has 0 spiro atoms. The third-order valence-electron chi connectivity index (χ3n) is 3.45. The summed E-state index contributed by atoms with van der Waals surface area (Å²) in [5.41, 5.74) is 9.55. The number of benzene rings is 1. The Morgan fingerprint density at radius 1 is 1.25 bits per heavy atom. The van der Waals surface area contributed by atoms with Crippen molar-refractivity contribution in [3.05, 3.63) is 56.8 Å². The van der Waals surface area contributed by atoms with E-state index in [-0.39, 0.29) is 5.91 Å². The average molecular weight is 288 g/mol. The van der Waals surface area contributed by atoms with Crippen LogP contribution >= 0.6 is 11.3 Å². The molecule has 0 radical (unpaired) electrons. The molecule has 0 atom stereocenters. The second-order valence-electron chi connectivity index (χ2n) is 4.83. The Morgan fingerprint density at radius 3 is 2.70 bits per heavy atom. The highest BCUT2D eigenvalue weighted by molar-refractivity contribution is 7.10. The minimum Gasteiger partial charge on any atom is -0.366 e. The summed E-state index contributed by atoms with van der Waals surface area (Å²) in [5, 5.41) is 5.60. The maximum absolute atomic E-state index is 11.1. The number of primary amides is 1. The normalized spacial score (nSPS) is 10.7. The van der Waals surface area contributed by atoms with Crippen LogP contribution in [0.5, 0.6) is 0 Å². The van der Waals surface area contributed by atoms with E-state index in [1.165, 1.54) is 16.0 Å². The van der Waals surface area contributed by atoms with Crippen LogP contribution in [0.1, 0.15) is 38.8 Å². The summed E-state index contributed by atoms with van der Waals surface area (Å²) in [7, 11) is 0. The van der Waals surface area contributed by atoms with Gasteiger partial charge in [-0.2, -0.15) is 0 Å². The second-order valence-corrected chi connectivity index (χ2v) is 5.83. The zero-order chi connectivity index (χ0) is 14.5. The van der Waals surface area contributed by atoms with E-state index in [0.717, 1.165) is 25.1 Å². The van der Waals surface area contributed by atoms with Gasteiger partial charge in [0, 0.05) is 23.5 Å². The van der Waals surface area contributed by atoms with E-state index < -0.39 is 0 Å². The highest BCUT2D eigenvalue weighted by Crippen LogP contribution is 2.17. The van der Waals surface area contributed by atoms with E-state index in [9.17, 15) is 4.79 Å². The lowest BCUT2D eigenvalue weighted by molar-refractivity contribution is 0.1000. The number of carbonyl (C=O) groups excluding carboxylic acids is 1. The number of aryl methyl sites for hydroxylation is 2. The van der Waals surface area contributed by atoms with Crippen LogP contribution < -0.4 is 11.1 Å². The Kier molecular flexibility index (Phi) is 4.93. The predicted octanol–water partition coefficient (Wildman–Crippen LogP) is 3.01. The van der Waals surface area contributed by atoms with Gasteiger partial charge in [-0.15, -0.1) is 11.3 Å². The monoisotopic (exact) mass is 288 g/mol. The van der Waals surface area contributed by atoms with Crippen LogP contribution in [0.3, 0.4) is 0 Å². The SMILES string of the molecule is CCc1ccsc1CNCc1ccc(C(N)=O)cc1C. The Labute approximate surface area is 123 Å². The first-order valence-electron chi connectivity index (χ1n) is 6.77. The molecule has 0 bridgehead atoms. The molecule has 0 aliphatic rings. The lowest BCUT2D eigenvalue weighted by Gasteiger charge is -2.09. The molecule has 0 saturated heterocycles. The molecule has 1 amide bonds. The van der Waals surface area contributed by atoms with Crippen LogP contribution in [0.15, 0.2) is 29.6 Å². The number of nitrogens with one attached hydrogen (secondary N) is 1. The predicted molar refractivity (Wildman–Crippen MR) is 83.9 cm³/mol. The summed E-state index contributed by atoms with van der Waals surface area (Å²) >= 11 is 1.80. The Balaban J connectivity index is 1.96. The van der Waals surface area contributed by atoms with Gasteiger partial charge in [0.05, 0.1) is 0 Å². The van der Waals surface area contributed by atoms with Crippen molar-refractivity contribution in [2.45, 2.75) is 33.4 Å². The van der Waals surface area contributed by atoms with Crippen molar-refractivity contribution in [3.63, 3.8) is 0 Å². The highest BCUT2D eigenvalue weighted by Gasteiger charge is 2.05. The van der Waals surface area contributed by atoms with Crippen LogP contribution in [0.25, 0.3) is 0 Å². The fourth-order valence-electron chi connectivity index (χ4n) is 2.20. The number of hydrogen-bond donors (Lipinski definition) is 2. The molecule has 0 unspecified atom stereocenters. The largest absolute Gasteiger partial charge is 0.366 e. The van der Waals surface area contributed by atoms with E-state index in [0.29, 0.717) is 5.56 Å². The molecule has 3 N–H and O–H groups in total. The molecular formula is C16H20N2OS. The fourth-order valence-corrected chi connectivity index (χ4v) is 3.14. The van der Waals surface area contributed by atoms with Gasteiger partial charge < -0.3 is 11.1 Å². The lowest BCUT2D eigenvalue weighted by Crippen LogP contribution is -2.15. The van der Waals surface area contributed by atoms with Crippen molar-refractivity contribution in [3.8, 4) is 0 Å². The Morgan fingerprint density at radius 2 is 2.05 bits per heavy atom. The summed E-state index contributed by atoms with van der Waals surface area (Å²) in [6.07, 6.45) is 1.08. The van der Waals surface area contributed by atoms with Crippen molar-refractivity contribution in [1.29, 1.82) is 0 Å². The number of rotatable bonds is 6. The van der Waals surface area contributed by atoms with Gasteiger partial charge in [-0.05, 0) is 53.6 Å². The first-order valence-corrected chi connectivity index (χ1v) is 7.65. The molecule has 3 nitrogen and oxygen atoms in total. The fraction of sp³-hybridized carbons (Fsp3) is 0.312. The number of nitrogens with two attached hydrogens (primary N) is 1. The molecule has 2 rings (SSSR count). The van der Waals surface area contributed by atoms with Gasteiger partial charge in [0.1, 0.15) is 0 Å². The lowest BCUT2D eigenvalue weighted by atomic mass is 10.0. The molecular weight excluding hydrogens is 268 g/mol. The molecule has 1 aromatic heterocycles. The van der Waals surface area contributed by atoms with Crippen LogP contribution in [0.4, 0.5) is 0 Å². The zero-order valence-electron chi connectivity index (χ0n) is 11.9. The maximum atomic E-state index is 11.1. The summed E-state index contributed by atoms with van der Waals surface area (Å²) in [6, 6.07) is 7.79. The maximum Gasteiger partial charge on any atom is 0.248 e. The van der Waals surface area contributed by atoms with Gasteiger partial charge in [0.2, 0.25) is 5.91 Å². The molecule has 1 aromatic carbocycles. The van der Waals surface area contributed by atoms with Gasteiger partial charge in [-0.1, -0.05) is 13.0 Å². The summed E-state index contributed by atoms with van der Waals surface area (Å²) in [4.78, 5) is 12.5. The molecule has 2 aromatic rings. The third-order valence-corrected chi connectivity index (χ3v) is 4.41. The average Bonchev–Trinajstić information content (AvgIpc) is 2.87. The molecule has 106 valence electrons. The first-order chi connectivity index (χ1) is 9.61. The number of carbonyl (C=O) groups is 1. The Bertz CT molecular complexity index is 604. The van der Waals surface area contributed by atoms with Crippen molar-refractivity contribution in [2.75, 3.05) is 0 Å². The van der Waals surface area contributed by atoms with Gasteiger partial charge in [0.15, 0.2) is 0 Å². The van der Waals surface area contributed by atoms with Crippen molar-refractivity contribution in [2.24, 2.45) is 5.73 Å². The van der Waals surface area contributed by atoms with Crippen LogP contribution in [-0.4, -0.2) is 5.91 Å². The molecule has 0 fully saturated rings. The van der Waals surface area contributed by atoms with Crippen LogP contribution in [0, 0.1) is 6.92 Å². The summed E-state index contributed by atoms with van der Waals surface area (Å²) < 4.78 is 0. The van der Waals surface area contributed by atoms with Gasteiger partial charge >= 0.3 is 0 Å². The van der Waals surface area contributed by atoms with Gasteiger partial charge in [0.25, 0.3) is 0 Å². The molecule has 20 heavy (non-hydrogen) atoms. The summed E-state index contributed by atoms with van der Waals surface area (Å²) in [5.74, 6) is -0.376. The van der Waals surface area contributed by atoms with Crippen molar-refractivity contribution in [1.82, 2.24) is 5.32 Å². The molecule has 1 heterocycles. The van der Waals surface area contributed by atoms with E-state index in [1.54, 1.807) is 17.4 Å². The van der Waals surface area contributed by atoms with Crippen molar-refractivity contribution < 1.29 is 4.79 Å². The highest BCUT2D eigenvalue weighted by atomic mass is 32.1. The van der Waals surface area contributed by atoms with Crippen molar-refractivity contribution >= 4 is 17.2 Å². The Hall–Kier alpha value is -1.65. The summed E-state index contributed by atoms with van der Waals surface area (Å²) in [6.45, 7) is 5.87. The first kappa shape index (κ1) is 14.8. The molecule has 0 aliphatic heterocycles. The van der Waals surface area contributed by atoms with Gasteiger partial charge in [-0.3, -0.25) is 4.79 Å². The number of thiophene rings is 1. The van der Waals surface area contributed by atoms with Gasteiger partial charge in [-0.25, -0.2) is 0 Å². The van der Waals surface area contributed by atoms with Crippen LogP contribution in [0.2, 0.25) is 0 Å². The minimum atomic E-state index is -0.376.